The minimum atomic E-state index is -0.0203. The molecular weight excluding hydrogens is 248 g/mol. The van der Waals surface area contributed by atoms with Crippen molar-refractivity contribution in [3.63, 3.8) is 0 Å². The fourth-order valence-electron chi connectivity index (χ4n) is 1.62. The summed E-state index contributed by atoms with van der Waals surface area (Å²) in [5, 5.41) is 2.10. The van der Waals surface area contributed by atoms with Gasteiger partial charge in [0, 0.05) is 15.9 Å². The Hall–Kier alpha value is -1.00. The molecule has 90 valence electrons. The van der Waals surface area contributed by atoms with Crippen molar-refractivity contribution in [2.45, 2.75) is 33.1 Å². The van der Waals surface area contributed by atoms with E-state index in [0.29, 0.717) is 4.64 Å². The molecule has 0 saturated carbocycles. The Kier molecular flexibility index (Phi) is 3.19. The van der Waals surface area contributed by atoms with Crippen molar-refractivity contribution in [1.29, 1.82) is 0 Å². The zero-order valence-electron chi connectivity index (χ0n) is 10.5. The largest absolute Gasteiger partial charge is 0.343 e. The highest BCUT2D eigenvalue weighted by Gasteiger charge is 2.17. The highest BCUT2D eigenvalue weighted by Crippen LogP contribution is 2.27. The molecule has 0 fully saturated rings. The third-order valence-corrected chi connectivity index (χ3v) is 3.66. The average Bonchev–Trinajstić information content (AvgIpc) is 2.62. The topological polar surface area (TPSA) is 28.7 Å². The molecule has 0 radical (unpaired) electrons. The fourth-order valence-corrected chi connectivity index (χ4v) is 2.54. The van der Waals surface area contributed by atoms with Crippen molar-refractivity contribution >= 4 is 23.6 Å². The van der Waals surface area contributed by atoms with Crippen LogP contribution in [0.3, 0.4) is 0 Å². The van der Waals surface area contributed by atoms with Crippen LogP contribution in [0.25, 0.3) is 11.3 Å². The fraction of sp³-hybridized carbons (Fsp3) is 0.385. The van der Waals surface area contributed by atoms with Gasteiger partial charge in [-0.2, -0.15) is 0 Å². The van der Waals surface area contributed by atoms with Crippen molar-refractivity contribution in [3.8, 4) is 11.3 Å². The molecule has 2 heterocycles. The highest BCUT2D eigenvalue weighted by atomic mass is 32.1. The van der Waals surface area contributed by atoms with Gasteiger partial charge in [-0.1, -0.05) is 33.0 Å². The van der Waals surface area contributed by atoms with Crippen LogP contribution >= 0.6 is 23.6 Å². The van der Waals surface area contributed by atoms with E-state index < -0.39 is 0 Å². The van der Waals surface area contributed by atoms with Crippen molar-refractivity contribution < 1.29 is 0 Å². The Morgan fingerprint density at radius 3 is 2.59 bits per heavy atom. The van der Waals surface area contributed by atoms with Crippen LogP contribution in [0.5, 0.6) is 0 Å². The molecule has 17 heavy (non-hydrogen) atoms. The molecule has 0 unspecified atom stereocenters. The number of hydrogen-bond donors (Lipinski definition) is 1. The second-order valence-electron chi connectivity index (χ2n) is 5.12. The van der Waals surface area contributed by atoms with Crippen LogP contribution in [0.2, 0.25) is 0 Å². The monoisotopic (exact) mass is 264 g/mol. The summed E-state index contributed by atoms with van der Waals surface area (Å²) in [5.74, 6) is 0.936. The number of aromatic nitrogens is 2. The Morgan fingerprint density at radius 2 is 2.06 bits per heavy atom. The van der Waals surface area contributed by atoms with Gasteiger partial charge in [-0.05, 0) is 24.4 Å². The molecule has 0 atom stereocenters. The van der Waals surface area contributed by atoms with Crippen molar-refractivity contribution in [3.05, 3.63) is 32.9 Å². The Bertz CT molecular complexity index is 588. The first-order valence-corrected chi connectivity index (χ1v) is 6.83. The third-order valence-electron chi connectivity index (χ3n) is 2.60. The van der Waals surface area contributed by atoms with Crippen LogP contribution in [0.4, 0.5) is 0 Å². The molecule has 2 rings (SSSR count). The van der Waals surface area contributed by atoms with Gasteiger partial charge in [-0.3, -0.25) is 0 Å². The predicted octanol–water partition coefficient (Wildman–Crippen LogP) is 4.47. The first kappa shape index (κ1) is 12.5. The maximum Gasteiger partial charge on any atom is 0.130 e. The number of rotatable bonds is 1. The van der Waals surface area contributed by atoms with E-state index in [0.717, 1.165) is 11.5 Å². The molecule has 0 spiro atoms. The molecule has 1 N–H and O–H groups in total. The standard InChI is InChI=1S/C13H16N2S2/c1-8-9(5-6-17-8)10-7-11(16)15-12(14-10)13(2,3)4/h5-7H,1-4H3,(H,14,15,16). The Labute approximate surface area is 111 Å². The van der Waals surface area contributed by atoms with Gasteiger partial charge < -0.3 is 4.98 Å². The summed E-state index contributed by atoms with van der Waals surface area (Å²) in [7, 11) is 0. The molecule has 0 aliphatic carbocycles. The summed E-state index contributed by atoms with van der Waals surface area (Å²) in [6.07, 6.45) is 0. The van der Waals surface area contributed by atoms with E-state index in [1.165, 1.54) is 10.4 Å². The molecule has 0 aromatic carbocycles. The number of aryl methyl sites for hydroxylation is 1. The first-order valence-electron chi connectivity index (χ1n) is 5.54. The first-order chi connectivity index (χ1) is 7.88. The second kappa shape index (κ2) is 4.35. The SMILES string of the molecule is Cc1sccc1-c1cc(=S)nc(C(C)(C)C)[nH]1. The lowest BCUT2D eigenvalue weighted by molar-refractivity contribution is 0.545. The van der Waals surface area contributed by atoms with Crippen molar-refractivity contribution in [2.24, 2.45) is 0 Å². The van der Waals surface area contributed by atoms with E-state index in [1.807, 2.05) is 6.07 Å². The van der Waals surface area contributed by atoms with E-state index in [-0.39, 0.29) is 5.41 Å². The number of H-pyrrole nitrogens is 1. The average molecular weight is 264 g/mol. The summed E-state index contributed by atoms with van der Waals surface area (Å²) < 4.78 is 0.647. The van der Waals surface area contributed by atoms with Crippen molar-refractivity contribution in [1.82, 2.24) is 9.97 Å². The van der Waals surface area contributed by atoms with Gasteiger partial charge in [0.1, 0.15) is 10.5 Å². The van der Waals surface area contributed by atoms with Crippen LogP contribution in [0.15, 0.2) is 17.5 Å². The number of nitrogens with one attached hydrogen (secondary N) is 1. The molecule has 2 nitrogen and oxygen atoms in total. The lowest BCUT2D eigenvalue weighted by atomic mass is 9.95. The van der Waals surface area contributed by atoms with Gasteiger partial charge in [-0.15, -0.1) is 11.3 Å². The van der Waals surface area contributed by atoms with Gasteiger partial charge in [0.05, 0.1) is 5.69 Å². The summed E-state index contributed by atoms with van der Waals surface area (Å²) in [6.45, 7) is 8.51. The van der Waals surface area contributed by atoms with Crippen LogP contribution in [-0.2, 0) is 5.41 Å². The number of hydrogen-bond acceptors (Lipinski definition) is 3. The zero-order chi connectivity index (χ0) is 12.6. The maximum absolute atomic E-state index is 5.25. The number of aromatic amines is 1. The summed E-state index contributed by atoms with van der Waals surface area (Å²) in [5.41, 5.74) is 2.26. The van der Waals surface area contributed by atoms with Gasteiger partial charge in [0.25, 0.3) is 0 Å². The molecule has 0 aliphatic rings. The second-order valence-corrected chi connectivity index (χ2v) is 6.66. The third kappa shape index (κ3) is 2.64. The van der Waals surface area contributed by atoms with E-state index in [9.17, 15) is 0 Å². The van der Waals surface area contributed by atoms with E-state index in [4.69, 9.17) is 12.2 Å². The molecule has 0 saturated heterocycles. The van der Waals surface area contributed by atoms with Crippen LogP contribution in [-0.4, -0.2) is 9.97 Å². The zero-order valence-corrected chi connectivity index (χ0v) is 12.1. The predicted molar refractivity (Wildman–Crippen MR) is 76.2 cm³/mol. The normalized spacial score (nSPS) is 11.8. The summed E-state index contributed by atoms with van der Waals surface area (Å²) in [4.78, 5) is 9.10. The number of nitrogens with zero attached hydrogens (tertiary/aromatic N) is 1. The molecule has 0 amide bonds. The van der Waals surface area contributed by atoms with E-state index >= 15 is 0 Å². The minimum Gasteiger partial charge on any atom is -0.343 e. The minimum absolute atomic E-state index is 0.0203. The van der Waals surface area contributed by atoms with Gasteiger partial charge >= 0.3 is 0 Å². The maximum atomic E-state index is 5.25. The number of thiophene rings is 1. The van der Waals surface area contributed by atoms with Gasteiger partial charge in [-0.25, -0.2) is 4.98 Å². The molecule has 0 aliphatic heterocycles. The molecule has 4 heteroatoms. The molecular formula is C13H16N2S2. The lowest BCUT2D eigenvalue weighted by Crippen LogP contribution is -2.16. The highest BCUT2D eigenvalue weighted by molar-refractivity contribution is 7.71. The van der Waals surface area contributed by atoms with E-state index in [1.54, 1.807) is 11.3 Å². The smallest absolute Gasteiger partial charge is 0.130 e. The van der Waals surface area contributed by atoms with Crippen LogP contribution < -0.4 is 0 Å². The van der Waals surface area contributed by atoms with Crippen molar-refractivity contribution in [2.75, 3.05) is 0 Å². The van der Waals surface area contributed by atoms with Gasteiger partial charge in [0.15, 0.2) is 0 Å². The summed E-state index contributed by atoms with van der Waals surface area (Å²) in [6, 6.07) is 4.05. The summed E-state index contributed by atoms with van der Waals surface area (Å²) >= 11 is 6.99. The lowest BCUT2D eigenvalue weighted by Gasteiger charge is -2.18. The van der Waals surface area contributed by atoms with Gasteiger partial charge in [0.2, 0.25) is 0 Å². The van der Waals surface area contributed by atoms with E-state index in [2.05, 4.69) is 49.1 Å². The quantitative estimate of drug-likeness (QED) is 0.770. The molecule has 2 aromatic heterocycles. The molecule has 0 bridgehead atoms. The molecule has 2 aromatic rings. The Morgan fingerprint density at radius 1 is 1.35 bits per heavy atom. The Balaban J connectivity index is 2.61. The van der Waals surface area contributed by atoms with Crippen LogP contribution in [0.1, 0.15) is 31.5 Å². The van der Waals surface area contributed by atoms with Crippen LogP contribution in [0, 0.1) is 11.6 Å².